The fourth-order valence-corrected chi connectivity index (χ4v) is 2.82. The Labute approximate surface area is 190 Å². The smallest absolute Gasteiger partial charge is 0.326 e. The number of nitrogens with one attached hydrogen (secondary N) is 4. The molecule has 11 N–H and O–H groups in total. The fraction of sp³-hybridized carbons (Fsp3) is 0.579. The van der Waals surface area contributed by atoms with Crippen molar-refractivity contribution in [2.75, 3.05) is 13.1 Å². The summed E-state index contributed by atoms with van der Waals surface area (Å²) in [6.45, 7) is -0.0701. The highest BCUT2D eigenvalue weighted by molar-refractivity contribution is 5.92. The molecule has 0 radical (unpaired) electrons. The third-order valence-corrected chi connectivity index (χ3v) is 4.65. The molecular weight excluding hydrogens is 436 g/mol. The molecule has 0 saturated carbocycles. The number of primary amides is 1. The molecule has 0 spiro atoms. The molecule has 1 rings (SSSR count). The Morgan fingerprint density at radius 3 is 2.36 bits per heavy atom. The van der Waals surface area contributed by atoms with Crippen LogP contribution < -0.4 is 33.2 Å². The maximum Gasteiger partial charge on any atom is 0.326 e. The molecule has 184 valence electrons. The Bertz CT molecular complexity index is 800. The predicted octanol–water partition coefficient (Wildman–Crippen LogP) is -3.16. The lowest BCUT2D eigenvalue weighted by Gasteiger charge is -2.21. The number of nitrogens with two attached hydrogens (primary N) is 3. The van der Waals surface area contributed by atoms with Crippen molar-refractivity contribution in [1.82, 2.24) is 25.9 Å². The molecule has 0 fully saturated rings. The van der Waals surface area contributed by atoms with Crippen LogP contribution >= 0.6 is 0 Å². The van der Waals surface area contributed by atoms with E-state index in [1.165, 1.54) is 12.5 Å². The Balaban J connectivity index is 2.67. The van der Waals surface area contributed by atoms with Gasteiger partial charge in [-0.25, -0.2) is 9.78 Å². The highest BCUT2D eigenvalue weighted by Crippen LogP contribution is 2.04. The van der Waals surface area contributed by atoms with Crippen molar-refractivity contribution < 1.29 is 29.1 Å². The number of aromatic amines is 1. The monoisotopic (exact) mass is 468 g/mol. The number of nitrogens with zero attached hydrogens (tertiary/aromatic N) is 1. The number of carbonyl (C=O) groups excluding carboxylic acids is 4. The van der Waals surface area contributed by atoms with Crippen molar-refractivity contribution in [3.8, 4) is 0 Å². The molecule has 0 aliphatic heterocycles. The minimum Gasteiger partial charge on any atom is -0.480 e. The zero-order valence-corrected chi connectivity index (χ0v) is 18.2. The van der Waals surface area contributed by atoms with E-state index >= 15 is 0 Å². The third kappa shape index (κ3) is 11.1. The van der Waals surface area contributed by atoms with Crippen LogP contribution in [0, 0.1) is 0 Å². The number of hydrogen-bond acceptors (Lipinski definition) is 8. The molecule has 3 atom stereocenters. The first-order valence-electron chi connectivity index (χ1n) is 10.5. The number of hydrogen-bond donors (Lipinski definition) is 8. The molecule has 33 heavy (non-hydrogen) atoms. The number of aromatic nitrogens is 2. The van der Waals surface area contributed by atoms with Crippen LogP contribution in [0.15, 0.2) is 12.5 Å². The molecule has 0 aromatic carbocycles. The van der Waals surface area contributed by atoms with Gasteiger partial charge >= 0.3 is 5.97 Å². The normalized spacial score (nSPS) is 13.4. The van der Waals surface area contributed by atoms with Crippen LogP contribution in [0.25, 0.3) is 0 Å². The van der Waals surface area contributed by atoms with E-state index < -0.39 is 54.3 Å². The molecule has 1 aromatic rings. The Morgan fingerprint density at radius 1 is 1.06 bits per heavy atom. The van der Waals surface area contributed by atoms with Crippen LogP contribution in [0.4, 0.5) is 0 Å². The summed E-state index contributed by atoms with van der Waals surface area (Å²) in [6, 6.07) is -3.30. The van der Waals surface area contributed by atoms with Crippen molar-refractivity contribution in [3.05, 3.63) is 18.2 Å². The zero-order chi connectivity index (χ0) is 24.8. The molecule has 1 heterocycles. The standard InChI is InChI=1S/C19H32N8O6/c20-6-2-1-3-13(18(31)27-14(19(32)33)7-11-8-23-10-25-11)26-16(29)9-24-17(30)12(21)4-5-15(22)28/h8,10,12-14H,1-7,9,20-21H2,(H2,22,28)(H,23,25)(H,24,30)(H,26,29)(H,27,31)(H,32,33). The second-order valence-electron chi connectivity index (χ2n) is 7.41. The van der Waals surface area contributed by atoms with Crippen molar-refractivity contribution in [3.63, 3.8) is 0 Å². The van der Waals surface area contributed by atoms with Gasteiger partial charge in [-0.1, -0.05) is 0 Å². The van der Waals surface area contributed by atoms with E-state index in [0.29, 0.717) is 25.1 Å². The van der Waals surface area contributed by atoms with E-state index in [0.717, 1.165) is 0 Å². The van der Waals surface area contributed by atoms with Gasteiger partial charge in [0.25, 0.3) is 0 Å². The summed E-state index contributed by atoms with van der Waals surface area (Å²) in [5, 5.41) is 16.7. The zero-order valence-electron chi connectivity index (χ0n) is 18.2. The second-order valence-corrected chi connectivity index (χ2v) is 7.41. The summed E-state index contributed by atoms with van der Waals surface area (Å²) in [5.74, 6) is -3.85. The quantitative estimate of drug-likeness (QED) is 0.114. The summed E-state index contributed by atoms with van der Waals surface area (Å²) in [6.07, 6.45) is 4.09. The predicted molar refractivity (Wildman–Crippen MR) is 116 cm³/mol. The van der Waals surface area contributed by atoms with Crippen LogP contribution in [0.3, 0.4) is 0 Å². The van der Waals surface area contributed by atoms with E-state index in [9.17, 15) is 29.1 Å². The van der Waals surface area contributed by atoms with Gasteiger partial charge in [0, 0.05) is 24.7 Å². The minimum atomic E-state index is -1.25. The largest absolute Gasteiger partial charge is 0.480 e. The number of unbranched alkanes of at least 4 members (excludes halogenated alkanes) is 1. The van der Waals surface area contributed by atoms with Gasteiger partial charge in [-0.05, 0) is 32.2 Å². The molecule has 4 amide bonds. The minimum absolute atomic E-state index is 0.0240. The van der Waals surface area contributed by atoms with E-state index in [4.69, 9.17) is 17.2 Å². The summed E-state index contributed by atoms with van der Waals surface area (Å²) in [7, 11) is 0. The van der Waals surface area contributed by atoms with Crippen LogP contribution in [-0.2, 0) is 30.4 Å². The lowest BCUT2D eigenvalue weighted by molar-refractivity contribution is -0.142. The average molecular weight is 469 g/mol. The Kier molecular flexibility index (Phi) is 12.1. The summed E-state index contributed by atoms with van der Waals surface area (Å²) in [4.78, 5) is 65.8. The maximum atomic E-state index is 12.7. The molecule has 0 aliphatic carbocycles. The molecular formula is C19H32N8O6. The van der Waals surface area contributed by atoms with E-state index in [1.807, 2.05) is 0 Å². The lowest BCUT2D eigenvalue weighted by atomic mass is 10.1. The molecule has 3 unspecified atom stereocenters. The van der Waals surface area contributed by atoms with Gasteiger partial charge in [0.2, 0.25) is 23.6 Å². The SMILES string of the molecule is NCCCCC(NC(=O)CNC(=O)C(N)CCC(N)=O)C(=O)NC(Cc1cnc[nH]1)C(=O)O. The van der Waals surface area contributed by atoms with E-state index in [2.05, 4.69) is 25.9 Å². The van der Waals surface area contributed by atoms with Crippen LogP contribution in [0.5, 0.6) is 0 Å². The maximum absolute atomic E-state index is 12.7. The second kappa shape index (κ2) is 14.5. The molecule has 0 bridgehead atoms. The third-order valence-electron chi connectivity index (χ3n) is 4.65. The van der Waals surface area contributed by atoms with Gasteiger partial charge in [0.05, 0.1) is 18.9 Å². The molecule has 14 nitrogen and oxygen atoms in total. The number of carboxylic acid groups (broad SMARTS) is 1. The summed E-state index contributed by atoms with van der Waals surface area (Å²) >= 11 is 0. The first kappa shape index (κ1) is 27.5. The van der Waals surface area contributed by atoms with Crippen molar-refractivity contribution >= 4 is 29.6 Å². The highest BCUT2D eigenvalue weighted by atomic mass is 16.4. The number of rotatable bonds is 16. The van der Waals surface area contributed by atoms with Crippen molar-refractivity contribution in [2.24, 2.45) is 17.2 Å². The molecule has 0 aliphatic rings. The first-order valence-corrected chi connectivity index (χ1v) is 10.5. The molecule has 0 saturated heterocycles. The first-order chi connectivity index (χ1) is 15.6. The average Bonchev–Trinajstić information content (AvgIpc) is 3.27. The van der Waals surface area contributed by atoms with Gasteiger partial charge in [-0.3, -0.25) is 19.2 Å². The van der Waals surface area contributed by atoms with Crippen molar-refractivity contribution in [2.45, 2.75) is 56.7 Å². The highest BCUT2D eigenvalue weighted by Gasteiger charge is 2.27. The van der Waals surface area contributed by atoms with Crippen LogP contribution in [-0.4, -0.2) is 75.9 Å². The van der Waals surface area contributed by atoms with Crippen molar-refractivity contribution in [1.29, 1.82) is 0 Å². The number of imidazole rings is 1. The summed E-state index contributed by atoms with van der Waals surface area (Å²) in [5.41, 5.74) is 16.6. The topological polar surface area (TPSA) is 248 Å². The fourth-order valence-electron chi connectivity index (χ4n) is 2.82. The molecule has 1 aromatic heterocycles. The van der Waals surface area contributed by atoms with E-state index in [1.54, 1.807) is 0 Å². The van der Waals surface area contributed by atoms with E-state index in [-0.39, 0.29) is 25.7 Å². The van der Waals surface area contributed by atoms with Gasteiger partial charge < -0.3 is 43.2 Å². The van der Waals surface area contributed by atoms with Gasteiger partial charge in [0.15, 0.2) is 0 Å². The van der Waals surface area contributed by atoms with Gasteiger partial charge in [0.1, 0.15) is 12.1 Å². The van der Waals surface area contributed by atoms with Gasteiger partial charge in [-0.15, -0.1) is 0 Å². The van der Waals surface area contributed by atoms with Crippen LogP contribution in [0.1, 0.15) is 37.8 Å². The van der Waals surface area contributed by atoms with Gasteiger partial charge in [-0.2, -0.15) is 0 Å². The summed E-state index contributed by atoms with van der Waals surface area (Å²) < 4.78 is 0. The number of carboxylic acids is 1. The Morgan fingerprint density at radius 2 is 1.79 bits per heavy atom. The molecule has 14 heteroatoms. The Hall–Kier alpha value is -3.52. The van der Waals surface area contributed by atoms with Crippen LogP contribution in [0.2, 0.25) is 0 Å². The number of aliphatic carboxylic acids is 1. The number of carbonyl (C=O) groups is 5. The number of amides is 4. The lowest BCUT2D eigenvalue weighted by Crippen LogP contribution is -2.54. The number of H-pyrrole nitrogens is 1.